The van der Waals surface area contributed by atoms with Crippen LogP contribution in [-0.2, 0) is 4.79 Å². The highest BCUT2D eigenvalue weighted by atomic mass is 16.4. The Morgan fingerprint density at radius 3 is 2.00 bits per heavy atom. The van der Waals surface area contributed by atoms with Gasteiger partial charge in [0.2, 0.25) is 5.91 Å². The normalized spacial score (nSPS) is 15.6. The lowest BCUT2D eigenvalue weighted by molar-refractivity contribution is -0.140. The summed E-state index contributed by atoms with van der Waals surface area (Å²) in [6, 6.07) is 5.36. The number of hydrogen-bond donors (Lipinski definition) is 3. The predicted molar refractivity (Wildman–Crippen MR) is 71.1 cm³/mol. The molecule has 1 aliphatic heterocycles. The highest BCUT2D eigenvalue weighted by Crippen LogP contribution is 2.31. The molecular weight excluding hydrogens is 246 g/mol. The number of amides is 1. The Hall–Kier alpha value is -2.04. The summed E-state index contributed by atoms with van der Waals surface area (Å²) in [5, 5.41) is 19.9. The summed E-state index contributed by atoms with van der Waals surface area (Å²) < 4.78 is 0. The lowest BCUT2D eigenvalue weighted by atomic mass is 9.76. The molecule has 3 N–H and O–H groups in total. The van der Waals surface area contributed by atoms with E-state index in [2.05, 4.69) is 19.2 Å². The third-order valence-electron chi connectivity index (χ3n) is 3.54. The van der Waals surface area contributed by atoms with Gasteiger partial charge in [-0.1, -0.05) is 13.8 Å². The molecule has 1 aromatic carbocycles. The minimum atomic E-state index is -0.986. The quantitative estimate of drug-likeness (QED) is 0.730. The van der Waals surface area contributed by atoms with Crippen molar-refractivity contribution in [3.8, 4) is 5.75 Å². The van der Waals surface area contributed by atoms with Crippen molar-refractivity contribution >= 4 is 11.9 Å². The van der Waals surface area contributed by atoms with Crippen LogP contribution in [0.5, 0.6) is 5.75 Å². The zero-order valence-corrected chi connectivity index (χ0v) is 11.1. The van der Waals surface area contributed by atoms with Crippen molar-refractivity contribution in [1.82, 2.24) is 5.32 Å². The third kappa shape index (κ3) is 3.47. The second-order valence-corrected chi connectivity index (χ2v) is 4.52. The Morgan fingerprint density at radius 2 is 1.79 bits per heavy atom. The number of β-lactam (4-membered cyclic amide) rings is 1. The molecule has 1 amide bonds. The number of carbonyl (C=O) groups is 2. The number of nitrogens with one attached hydrogen (secondary N) is 1. The molecule has 1 saturated heterocycles. The average molecular weight is 265 g/mol. The summed E-state index contributed by atoms with van der Waals surface area (Å²) >= 11 is 0. The highest BCUT2D eigenvalue weighted by molar-refractivity contribution is 5.88. The molecule has 0 aliphatic carbocycles. The Bertz CT molecular complexity index is 444. The molecule has 0 bridgehead atoms. The average Bonchev–Trinajstić information content (AvgIpc) is 2.40. The summed E-state index contributed by atoms with van der Waals surface area (Å²) in [6.45, 7) is 5.03. The van der Waals surface area contributed by atoms with Gasteiger partial charge in [-0.25, -0.2) is 4.79 Å². The van der Waals surface area contributed by atoms with E-state index in [-0.39, 0.29) is 22.6 Å². The van der Waals surface area contributed by atoms with E-state index < -0.39 is 5.97 Å². The van der Waals surface area contributed by atoms with Crippen molar-refractivity contribution in [1.29, 1.82) is 0 Å². The van der Waals surface area contributed by atoms with Gasteiger partial charge >= 0.3 is 5.97 Å². The van der Waals surface area contributed by atoms with Gasteiger partial charge in [-0.15, -0.1) is 0 Å². The van der Waals surface area contributed by atoms with Gasteiger partial charge in [0, 0.05) is 6.54 Å². The number of aromatic carboxylic acids is 1. The molecule has 104 valence electrons. The summed E-state index contributed by atoms with van der Waals surface area (Å²) in [6.07, 6.45) is 1.96. The van der Waals surface area contributed by atoms with E-state index in [1.54, 1.807) is 0 Å². The lowest BCUT2D eigenvalue weighted by Gasteiger charge is -2.39. The first-order chi connectivity index (χ1) is 8.95. The second kappa shape index (κ2) is 6.22. The molecular formula is C14H19NO4. The molecule has 0 radical (unpaired) electrons. The van der Waals surface area contributed by atoms with Crippen LogP contribution < -0.4 is 5.32 Å². The van der Waals surface area contributed by atoms with Gasteiger partial charge in [-0.3, -0.25) is 4.79 Å². The van der Waals surface area contributed by atoms with E-state index in [0.717, 1.165) is 19.4 Å². The van der Waals surface area contributed by atoms with Crippen molar-refractivity contribution < 1.29 is 19.8 Å². The minimum absolute atomic E-state index is 0.0139. The first-order valence-electron chi connectivity index (χ1n) is 6.26. The molecule has 0 spiro atoms. The Labute approximate surface area is 112 Å². The molecule has 5 heteroatoms. The molecule has 0 unspecified atom stereocenters. The van der Waals surface area contributed by atoms with E-state index in [4.69, 9.17) is 10.2 Å². The maximum Gasteiger partial charge on any atom is 0.335 e. The van der Waals surface area contributed by atoms with Crippen molar-refractivity contribution in [2.45, 2.75) is 26.7 Å². The fourth-order valence-electron chi connectivity index (χ4n) is 1.84. The molecule has 1 heterocycles. The second-order valence-electron chi connectivity index (χ2n) is 4.52. The molecule has 0 saturated carbocycles. The van der Waals surface area contributed by atoms with Crippen LogP contribution in [0, 0.1) is 5.41 Å². The molecule has 1 aromatic rings. The number of rotatable bonds is 3. The van der Waals surface area contributed by atoms with Crippen LogP contribution in [0.3, 0.4) is 0 Å². The smallest absolute Gasteiger partial charge is 0.335 e. The fraction of sp³-hybridized carbons (Fsp3) is 0.429. The number of hydrogen-bond acceptors (Lipinski definition) is 3. The van der Waals surface area contributed by atoms with Crippen molar-refractivity contribution in [2.24, 2.45) is 5.41 Å². The zero-order chi connectivity index (χ0) is 14.5. The van der Waals surface area contributed by atoms with Crippen LogP contribution >= 0.6 is 0 Å². The maximum atomic E-state index is 10.9. The Kier molecular flexibility index (Phi) is 4.92. The van der Waals surface area contributed by atoms with Crippen LogP contribution in [0.2, 0.25) is 0 Å². The molecule has 2 rings (SSSR count). The van der Waals surface area contributed by atoms with Gasteiger partial charge < -0.3 is 15.5 Å². The van der Waals surface area contributed by atoms with Crippen LogP contribution in [0.15, 0.2) is 24.3 Å². The summed E-state index contributed by atoms with van der Waals surface area (Å²) in [4.78, 5) is 21.1. The van der Waals surface area contributed by atoms with Gasteiger partial charge in [-0.05, 0) is 37.1 Å². The molecule has 0 aromatic heterocycles. The van der Waals surface area contributed by atoms with E-state index in [9.17, 15) is 9.59 Å². The Balaban J connectivity index is 0.000000191. The lowest BCUT2D eigenvalue weighted by Crippen LogP contribution is -2.58. The number of carbonyl (C=O) groups excluding carboxylic acids is 1. The van der Waals surface area contributed by atoms with Gasteiger partial charge in [0.05, 0.1) is 11.0 Å². The summed E-state index contributed by atoms with van der Waals surface area (Å²) in [5.41, 5.74) is 0.192. The zero-order valence-electron chi connectivity index (χ0n) is 11.1. The van der Waals surface area contributed by atoms with Gasteiger partial charge in [0.15, 0.2) is 0 Å². The molecule has 0 atom stereocenters. The SMILES string of the molecule is CCC1(CC)CNC1=O.O=C(O)c1ccc(O)cc1. The van der Waals surface area contributed by atoms with E-state index in [1.807, 2.05) is 0 Å². The van der Waals surface area contributed by atoms with E-state index in [1.165, 1.54) is 24.3 Å². The molecule has 5 nitrogen and oxygen atoms in total. The van der Waals surface area contributed by atoms with Crippen LogP contribution in [-0.4, -0.2) is 28.6 Å². The van der Waals surface area contributed by atoms with Crippen molar-refractivity contribution in [3.05, 3.63) is 29.8 Å². The summed E-state index contributed by atoms with van der Waals surface area (Å²) in [5.74, 6) is -0.669. The third-order valence-corrected chi connectivity index (χ3v) is 3.54. The van der Waals surface area contributed by atoms with Gasteiger partial charge in [-0.2, -0.15) is 0 Å². The van der Waals surface area contributed by atoms with Crippen LogP contribution in [0.4, 0.5) is 0 Å². The van der Waals surface area contributed by atoms with E-state index in [0.29, 0.717) is 0 Å². The number of aromatic hydroxyl groups is 1. The summed E-state index contributed by atoms with van der Waals surface area (Å²) in [7, 11) is 0. The van der Waals surface area contributed by atoms with Gasteiger partial charge in [0.25, 0.3) is 0 Å². The number of carboxylic acids is 1. The van der Waals surface area contributed by atoms with Crippen molar-refractivity contribution in [2.75, 3.05) is 6.54 Å². The van der Waals surface area contributed by atoms with Crippen LogP contribution in [0.1, 0.15) is 37.0 Å². The molecule has 19 heavy (non-hydrogen) atoms. The number of carboxylic acid groups (broad SMARTS) is 1. The van der Waals surface area contributed by atoms with Crippen LogP contribution in [0.25, 0.3) is 0 Å². The first-order valence-corrected chi connectivity index (χ1v) is 6.26. The van der Waals surface area contributed by atoms with Gasteiger partial charge in [0.1, 0.15) is 5.75 Å². The molecule has 1 aliphatic rings. The number of phenols is 1. The first kappa shape index (κ1) is 15.0. The standard InChI is InChI=1S/C7H13NO.C7H6O3/c1-3-7(4-2)5-8-6(7)9;8-6-3-1-5(2-4-6)7(9)10/h3-5H2,1-2H3,(H,8,9);1-4,8H,(H,9,10). The largest absolute Gasteiger partial charge is 0.508 e. The van der Waals surface area contributed by atoms with E-state index >= 15 is 0 Å². The topological polar surface area (TPSA) is 86.6 Å². The minimum Gasteiger partial charge on any atom is -0.508 e. The number of phenolic OH excluding ortho intramolecular Hbond substituents is 1. The number of benzene rings is 1. The predicted octanol–water partition coefficient (Wildman–Crippen LogP) is 2.01. The Morgan fingerprint density at radius 1 is 1.26 bits per heavy atom. The molecule has 1 fully saturated rings. The van der Waals surface area contributed by atoms with Crippen molar-refractivity contribution in [3.63, 3.8) is 0 Å². The maximum absolute atomic E-state index is 10.9. The fourth-order valence-corrected chi connectivity index (χ4v) is 1.84. The monoisotopic (exact) mass is 265 g/mol. The highest BCUT2D eigenvalue weighted by Gasteiger charge is 2.42.